The third-order valence-electron chi connectivity index (χ3n) is 5.48. The van der Waals surface area contributed by atoms with Crippen LogP contribution in [-0.2, 0) is 23.1 Å². The Balaban J connectivity index is 1.45. The number of hydrogen-bond donors (Lipinski definition) is 3. The van der Waals surface area contributed by atoms with Crippen molar-refractivity contribution in [1.29, 1.82) is 0 Å². The quantitative estimate of drug-likeness (QED) is 0.289. The van der Waals surface area contributed by atoms with Crippen LogP contribution < -0.4 is 19.5 Å². The van der Waals surface area contributed by atoms with Crippen molar-refractivity contribution >= 4 is 32.9 Å². The molecule has 4 aromatic rings. The molecule has 0 bridgehead atoms. The fourth-order valence-electron chi connectivity index (χ4n) is 3.68. The van der Waals surface area contributed by atoms with E-state index in [0.29, 0.717) is 28.8 Å². The fraction of sp³-hybridized carbons (Fsp3) is 0.261. The van der Waals surface area contributed by atoms with Crippen LogP contribution >= 0.6 is 0 Å². The van der Waals surface area contributed by atoms with Crippen LogP contribution in [0, 0.1) is 0 Å². The number of sulfonamides is 1. The molecule has 0 atom stereocenters. The minimum absolute atomic E-state index is 0.0132. The lowest BCUT2D eigenvalue weighted by atomic mass is 10.1. The van der Waals surface area contributed by atoms with E-state index in [4.69, 9.17) is 19.1 Å². The Hall–Kier alpha value is -4.26. The number of hydrogen-bond acceptors (Lipinski definition) is 8. The molecular formula is C23H23N5O7S. The molecule has 1 fully saturated rings. The molecule has 0 saturated heterocycles. The second-order valence-corrected chi connectivity index (χ2v) is 9.93. The summed E-state index contributed by atoms with van der Waals surface area (Å²) in [4.78, 5) is 10.7. The lowest BCUT2D eigenvalue weighted by molar-refractivity contribution is 0.194. The number of carbonyl (C=O) groups is 1. The van der Waals surface area contributed by atoms with E-state index in [1.54, 1.807) is 47.4 Å². The molecule has 188 valence electrons. The summed E-state index contributed by atoms with van der Waals surface area (Å²) in [5.74, 6) is 0.662. The zero-order valence-electron chi connectivity index (χ0n) is 19.2. The van der Waals surface area contributed by atoms with Gasteiger partial charge in [-0.3, -0.25) is 9.40 Å². The second kappa shape index (κ2) is 9.41. The van der Waals surface area contributed by atoms with Crippen LogP contribution in [0.25, 0.3) is 11.0 Å². The van der Waals surface area contributed by atoms with E-state index in [9.17, 15) is 13.2 Å². The van der Waals surface area contributed by atoms with Crippen molar-refractivity contribution < 1.29 is 32.3 Å². The smallest absolute Gasteiger partial charge is 0.404 e. The number of rotatable bonds is 10. The van der Waals surface area contributed by atoms with Gasteiger partial charge < -0.3 is 24.4 Å². The van der Waals surface area contributed by atoms with Crippen LogP contribution in [-0.4, -0.2) is 47.8 Å². The summed E-state index contributed by atoms with van der Waals surface area (Å²) in [6.07, 6.45) is 4.04. The Bertz CT molecular complexity index is 1520. The summed E-state index contributed by atoms with van der Waals surface area (Å²) < 4.78 is 47.1. The van der Waals surface area contributed by atoms with Gasteiger partial charge in [0.05, 0.1) is 26.0 Å². The van der Waals surface area contributed by atoms with E-state index >= 15 is 0 Å². The first-order valence-electron chi connectivity index (χ1n) is 11.1. The van der Waals surface area contributed by atoms with E-state index in [-0.39, 0.29) is 29.1 Å². The minimum Gasteiger partial charge on any atom is -0.495 e. The third kappa shape index (κ3) is 5.05. The highest BCUT2D eigenvalue weighted by molar-refractivity contribution is 7.92. The molecule has 2 aromatic heterocycles. The van der Waals surface area contributed by atoms with Crippen LogP contribution in [0.4, 0.5) is 10.6 Å². The number of aromatic nitrogens is 3. The number of carboxylic acid groups (broad SMARTS) is 1. The Morgan fingerprint density at radius 1 is 1.22 bits per heavy atom. The van der Waals surface area contributed by atoms with Gasteiger partial charge in [0.15, 0.2) is 11.4 Å². The summed E-state index contributed by atoms with van der Waals surface area (Å²) in [7, 11) is -2.63. The maximum atomic E-state index is 13.1. The molecule has 2 heterocycles. The largest absolute Gasteiger partial charge is 0.495 e. The van der Waals surface area contributed by atoms with Crippen molar-refractivity contribution in [3.8, 4) is 11.5 Å². The predicted molar refractivity (Wildman–Crippen MR) is 128 cm³/mol. The second-order valence-electron chi connectivity index (χ2n) is 8.28. The first kappa shape index (κ1) is 23.5. The van der Waals surface area contributed by atoms with Gasteiger partial charge >= 0.3 is 6.09 Å². The van der Waals surface area contributed by atoms with Crippen molar-refractivity contribution in [3.05, 3.63) is 59.9 Å². The van der Waals surface area contributed by atoms with Crippen molar-refractivity contribution in [2.24, 2.45) is 0 Å². The number of amides is 1. The Morgan fingerprint density at radius 3 is 2.78 bits per heavy atom. The molecule has 1 amide bonds. The van der Waals surface area contributed by atoms with Crippen molar-refractivity contribution in [1.82, 2.24) is 20.3 Å². The van der Waals surface area contributed by atoms with Crippen molar-refractivity contribution in [2.75, 3.05) is 11.8 Å². The van der Waals surface area contributed by atoms with E-state index in [2.05, 4.69) is 20.3 Å². The molecule has 5 rings (SSSR count). The number of ether oxygens (including phenoxy) is 2. The van der Waals surface area contributed by atoms with Gasteiger partial charge in [-0.15, -0.1) is 0 Å². The number of nitrogens with zero attached hydrogens (tertiary/aromatic N) is 3. The third-order valence-corrected chi connectivity index (χ3v) is 6.86. The Labute approximate surface area is 205 Å². The average molecular weight is 514 g/mol. The summed E-state index contributed by atoms with van der Waals surface area (Å²) in [5, 5.41) is 19.7. The summed E-state index contributed by atoms with van der Waals surface area (Å²) >= 11 is 0. The molecule has 2 aromatic carbocycles. The Morgan fingerprint density at radius 2 is 2.03 bits per heavy atom. The number of nitrogens with one attached hydrogen (secondary N) is 2. The minimum atomic E-state index is -4.03. The molecule has 0 radical (unpaired) electrons. The van der Waals surface area contributed by atoms with Gasteiger partial charge in [0.25, 0.3) is 10.0 Å². The van der Waals surface area contributed by atoms with Crippen LogP contribution in [0.2, 0.25) is 0 Å². The zero-order chi connectivity index (χ0) is 25.3. The lowest BCUT2D eigenvalue weighted by Gasteiger charge is -2.12. The molecule has 0 aliphatic heterocycles. The summed E-state index contributed by atoms with van der Waals surface area (Å²) in [5.41, 5.74) is 1.84. The normalized spacial score (nSPS) is 13.5. The van der Waals surface area contributed by atoms with Gasteiger partial charge in [0.1, 0.15) is 21.8 Å². The SMILES string of the molecule is COc1ccccc1S(=O)(=O)Nc1noc2cc(Cn3cc(CNC(=O)O)cn3)cc(OC3CC3)c12. The molecule has 13 heteroatoms. The summed E-state index contributed by atoms with van der Waals surface area (Å²) in [6, 6.07) is 9.81. The van der Waals surface area contributed by atoms with Gasteiger partial charge in [-0.25, -0.2) is 13.2 Å². The molecule has 36 heavy (non-hydrogen) atoms. The highest BCUT2D eigenvalue weighted by Gasteiger charge is 2.28. The van der Waals surface area contributed by atoms with E-state index < -0.39 is 16.1 Å². The topological polar surface area (TPSA) is 158 Å². The molecular weight excluding hydrogens is 490 g/mol. The van der Waals surface area contributed by atoms with E-state index in [1.807, 2.05) is 0 Å². The van der Waals surface area contributed by atoms with Gasteiger partial charge in [0, 0.05) is 18.3 Å². The highest BCUT2D eigenvalue weighted by Crippen LogP contribution is 2.38. The van der Waals surface area contributed by atoms with Crippen LogP contribution in [0.3, 0.4) is 0 Å². The first-order chi connectivity index (χ1) is 17.3. The number of benzene rings is 2. The molecule has 12 nitrogen and oxygen atoms in total. The standard InChI is InChI=1S/C23H23N5O7S/c1-33-17-4-2-3-5-20(17)36(31,32)27-22-21-18(34-16-6-7-16)8-14(9-19(21)35-26-22)12-28-13-15(11-25-28)10-24-23(29)30/h2-5,8-9,11,13,16,24H,6-7,10,12H2,1H3,(H,26,27)(H,29,30). The number of para-hydroxylation sites is 1. The average Bonchev–Trinajstić information content (AvgIpc) is 3.40. The highest BCUT2D eigenvalue weighted by atomic mass is 32.2. The number of fused-ring (bicyclic) bond motifs is 1. The zero-order valence-corrected chi connectivity index (χ0v) is 20.0. The van der Waals surface area contributed by atoms with Crippen molar-refractivity contribution in [2.45, 2.75) is 36.9 Å². The predicted octanol–water partition coefficient (Wildman–Crippen LogP) is 3.19. The van der Waals surface area contributed by atoms with Crippen LogP contribution in [0.15, 0.2) is 58.2 Å². The van der Waals surface area contributed by atoms with E-state index in [0.717, 1.165) is 18.4 Å². The van der Waals surface area contributed by atoms with Gasteiger partial charge in [-0.05, 0) is 42.7 Å². The maximum Gasteiger partial charge on any atom is 0.404 e. The molecule has 0 unspecified atom stereocenters. The van der Waals surface area contributed by atoms with Gasteiger partial charge in [-0.1, -0.05) is 17.3 Å². The van der Waals surface area contributed by atoms with Gasteiger partial charge in [-0.2, -0.15) is 5.10 Å². The number of methoxy groups -OCH3 is 1. The van der Waals surface area contributed by atoms with E-state index in [1.165, 1.54) is 13.2 Å². The molecule has 1 aliphatic rings. The first-order valence-corrected chi connectivity index (χ1v) is 12.5. The summed E-state index contributed by atoms with van der Waals surface area (Å²) in [6.45, 7) is 0.495. The van der Waals surface area contributed by atoms with Crippen molar-refractivity contribution in [3.63, 3.8) is 0 Å². The molecule has 3 N–H and O–H groups in total. The van der Waals surface area contributed by atoms with Crippen LogP contribution in [0.5, 0.6) is 11.5 Å². The maximum absolute atomic E-state index is 13.1. The molecule has 1 saturated carbocycles. The monoisotopic (exact) mass is 513 g/mol. The molecule has 0 spiro atoms. The Kier molecular flexibility index (Phi) is 6.14. The van der Waals surface area contributed by atoms with Gasteiger partial charge in [0.2, 0.25) is 0 Å². The van der Waals surface area contributed by atoms with Crippen LogP contribution in [0.1, 0.15) is 24.0 Å². The number of anilines is 1. The lowest BCUT2D eigenvalue weighted by Crippen LogP contribution is -2.19. The fourth-order valence-corrected chi connectivity index (χ4v) is 4.86. The molecule has 1 aliphatic carbocycles.